The lowest BCUT2D eigenvalue weighted by molar-refractivity contribution is -0.168. The summed E-state index contributed by atoms with van der Waals surface area (Å²) < 4.78 is 92.4. The van der Waals surface area contributed by atoms with Crippen molar-refractivity contribution < 1.29 is 59.1 Å². The number of sulfone groups is 3. The Morgan fingerprint density at radius 1 is 0.603 bits per heavy atom. The molecule has 4 aromatic carbocycles. The second-order valence-corrected chi connectivity index (χ2v) is 26.0. The van der Waals surface area contributed by atoms with Crippen LogP contribution in [-0.2, 0) is 70.6 Å². The average Bonchev–Trinajstić information content (AvgIpc) is 4.29. The van der Waals surface area contributed by atoms with Crippen LogP contribution in [0, 0.1) is 0 Å². The summed E-state index contributed by atoms with van der Waals surface area (Å²) >= 11 is 0. The minimum atomic E-state index is -3.58. The molecule has 19 nitrogen and oxygen atoms in total. The zero-order valence-corrected chi connectivity index (χ0v) is 45.3. The molecule has 3 aliphatic heterocycles. The van der Waals surface area contributed by atoms with Crippen molar-refractivity contribution in [2.75, 3.05) is 37.1 Å². The fraction of sp³-hybridized carbons (Fsp3) is 0.375. The molecule has 0 unspecified atom stereocenters. The molecule has 3 aromatic heterocycles. The van der Waals surface area contributed by atoms with E-state index in [1.165, 1.54) is 6.20 Å². The number of amides is 1. The maximum Gasteiger partial charge on any atom is 0.356 e. The molecule has 0 bridgehead atoms. The number of fused-ring (bicyclic) bond motifs is 3. The van der Waals surface area contributed by atoms with Gasteiger partial charge >= 0.3 is 5.97 Å². The number of aromatic nitrogens is 3. The fourth-order valence-corrected chi connectivity index (χ4v) is 14.5. The van der Waals surface area contributed by atoms with Gasteiger partial charge in [-0.3, -0.25) is 25.0 Å². The number of nitrogens with two attached hydrogens (primary N) is 1. The van der Waals surface area contributed by atoms with Crippen molar-refractivity contribution in [1.29, 1.82) is 0 Å². The predicted molar refractivity (Wildman–Crippen MR) is 295 cm³/mol. The van der Waals surface area contributed by atoms with Crippen LogP contribution in [0.1, 0.15) is 65.6 Å². The third-order valence-corrected chi connectivity index (χ3v) is 18.3. The molecule has 78 heavy (non-hydrogen) atoms. The normalized spacial score (nSPS) is 18.8. The SMILES string of the molecule is N[C@H](CS(=O)(=O)Cc1cnc2ccccc2c1)[C@H]1CCCO1.O=C(ON[C@H](CS(=O)(=O)Cc1cnc2ccccc2c1)[C@H]1CCCO1)c1ccccc1.O=CN(O)[C@H](CS(=O)(=O)Cc1cnc2ccccc2c1)[C@H]1CCCO1. The molecule has 3 fully saturated rings. The quantitative estimate of drug-likeness (QED) is 0.0432. The smallest absolute Gasteiger partial charge is 0.356 e. The third kappa shape index (κ3) is 16.8. The van der Waals surface area contributed by atoms with Crippen LogP contribution in [0.25, 0.3) is 32.7 Å². The molecule has 10 rings (SSSR count). The van der Waals surface area contributed by atoms with Crippen molar-refractivity contribution in [1.82, 2.24) is 25.5 Å². The molecule has 0 spiro atoms. The van der Waals surface area contributed by atoms with Gasteiger partial charge in [0.25, 0.3) is 0 Å². The van der Waals surface area contributed by atoms with Gasteiger partial charge in [0.1, 0.15) is 0 Å². The largest absolute Gasteiger partial charge is 0.377 e. The molecule has 6 atom stereocenters. The number of hydrogen-bond donors (Lipinski definition) is 3. The highest BCUT2D eigenvalue weighted by atomic mass is 32.2. The number of carbonyl (C=O) groups excluding carboxylic acids is 2. The number of hydrogen-bond acceptors (Lipinski definition) is 18. The molecule has 1 amide bonds. The summed E-state index contributed by atoms with van der Waals surface area (Å²) in [4.78, 5) is 41.3. The Labute approximate surface area is 454 Å². The molecule has 4 N–H and O–H groups in total. The first kappa shape index (κ1) is 57.8. The van der Waals surface area contributed by atoms with Gasteiger partial charge in [-0.05, 0) is 104 Å². The predicted octanol–water partition coefficient (Wildman–Crippen LogP) is 6.26. The molecule has 3 aliphatic rings. The van der Waals surface area contributed by atoms with E-state index in [0.717, 1.165) is 58.4 Å². The summed E-state index contributed by atoms with van der Waals surface area (Å²) in [7, 11) is -10.4. The van der Waals surface area contributed by atoms with Gasteiger partial charge < -0.3 is 24.8 Å². The Morgan fingerprint density at radius 3 is 1.46 bits per heavy atom. The second-order valence-electron chi connectivity index (χ2n) is 19.6. The van der Waals surface area contributed by atoms with Crippen LogP contribution in [0.2, 0.25) is 0 Å². The van der Waals surface area contributed by atoms with Crippen molar-refractivity contribution in [2.24, 2.45) is 5.73 Å². The number of para-hydroxylation sites is 3. The van der Waals surface area contributed by atoms with Gasteiger partial charge in [0, 0.05) is 60.6 Å². The lowest BCUT2D eigenvalue weighted by Gasteiger charge is -2.27. The number of nitrogens with one attached hydrogen (secondary N) is 1. The van der Waals surface area contributed by atoms with Crippen LogP contribution in [-0.4, -0.2) is 136 Å². The maximum atomic E-state index is 13.0. The third-order valence-electron chi connectivity index (χ3n) is 13.4. The molecule has 0 saturated carbocycles. The molecule has 6 heterocycles. The van der Waals surface area contributed by atoms with Gasteiger partial charge in [-0.15, -0.1) is 5.48 Å². The molecule has 7 aromatic rings. The van der Waals surface area contributed by atoms with Crippen LogP contribution in [0.15, 0.2) is 140 Å². The Bertz CT molecular complexity index is 3470. The van der Waals surface area contributed by atoms with E-state index in [9.17, 15) is 40.0 Å². The van der Waals surface area contributed by atoms with E-state index >= 15 is 0 Å². The number of rotatable bonds is 20. The Hall–Kier alpha value is -6.34. The number of nitrogens with zero attached hydrogens (tertiary/aromatic N) is 4. The molecule has 3 saturated heterocycles. The topological polar surface area (TPSA) is 274 Å². The number of benzene rings is 4. The van der Waals surface area contributed by atoms with Gasteiger partial charge in [-0.25, -0.2) is 35.1 Å². The fourth-order valence-electron chi connectivity index (χ4n) is 9.64. The highest BCUT2D eigenvalue weighted by Crippen LogP contribution is 2.24. The Kier molecular flexibility index (Phi) is 20.0. The first-order valence-corrected chi connectivity index (χ1v) is 31.2. The zero-order chi connectivity index (χ0) is 55.1. The van der Waals surface area contributed by atoms with Gasteiger partial charge in [0.2, 0.25) is 6.41 Å². The number of carbonyl (C=O) groups is 2. The summed E-state index contributed by atoms with van der Waals surface area (Å²) in [5, 5.41) is 12.9. The second kappa shape index (κ2) is 27.0. The van der Waals surface area contributed by atoms with Crippen molar-refractivity contribution in [3.8, 4) is 0 Å². The van der Waals surface area contributed by atoms with E-state index < -0.39 is 59.7 Å². The number of pyridine rings is 3. The Morgan fingerprint density at radius 2 is 1.01 bits per heavy atom. The molecular weight excluding hydrogens is 1060 g/mol. The van der Waals surface area contributed by atoms with E-state index in [-0.39, 0.29) is 53.1 Å². The highest BCUT2D eigenvalue weighted by Gasteiger charge is 2.35. The minimum Gasteiger partial charge on any atom is -0.377 e. The van der Waals surface area contributed by atoms with Gasteiger partial charge in [0.05, 0.1) is 87.0 Å². The highest BCUT2D eigenvalue weighted by molar-refractivity contribution is 7.91. The zero-order valence-electron chi connectivity index (χ0n) is 42.9. The van der Waals surface area contributed by atoms with E-state index in [4.69, 9.17) is 24.8 Å². The minimum absolute atomic E-state index is 0.0365. The molecular formula is C56H64N6O13S3. The summed E-state index contributed by atoms with van der Waals surface area (Å²) in [6.45, 7) is 1.74. The standard InChI is InChI=1S/C23H24N2O5S.C17H20N2O5S.C16H20N2O3S/c26-23(18-7-2-1-3-8-18)30-25-21(22-11-6-12-29-22)16-31(27,28)15-17-13-19-9-4-5-10-20(19)24-14-17;20-12-19(21)16(17-6-3-7-24-17)11-25(22,23)10-13-8-14-4-1-2-5-15(14)18-9-13;17-14(16-6-3-7-21-16)11-22(19,20)10-12-8-13-4-1-2-5-15(13)18-9-12/h1-5,7-10,13-14,21-22,25H,6,11-12,15-16H2;1-2,4-5,8-9,12,16-17,21H,3,6-7,10-11H2;1-2,4-5,8-9,14,16H,3,6-7,10-11,17H2/t21-,22-;16-,17-;14-,16-/m111/s1. The summed E-state index contributed by atoms with van der Waals surface area (Å²) in [6.07, 6.45) is 8.75. The van der Waals surface area contributed by atoms with Gasteiger partial charge in [-0.2, -0.15) is 0 Å². The van der Waals surface area contributed by atoms with Crippen LogP contribution in [0.5, 0.6) is 0 Å². The Balaban J connectivity index is 0.000000157. The number of hydroxylamine groups is 3. The monoisotopic (exact) mass is 1120 g/mol. The van der Waals surface area contributed by atoms with E-state index in [1.807, 2.05) is 84.9 Å². The van der Waals surface area contributed by atoms with E-state index in [2.05, 4.69) is 20.4 Å². The maximum absolute atomic E-state index is 13.0. The van der Waals surface area contributed by atoms with Crippen LogP contribution < -0.4 is 11.2 Å². The van der Waals surface area contributed by atoms with Crippen molar-refractivity contribution in [3.05, 3.63) is 162 Å². The molecule has 0 aliphatic carbocycles. The molecule has 22 heteroatoms. The summed E-state index contributed by atoms with van der Waals surface area (Å²) in [5.74, 6) is -1.59. The lowest BCUT2D eigenvalue weighted by Crippen LogP contribution is -2.45. The van der Waals surface area contributed by atoms with Crippen LogP contribution >= 0.6 is 0 Å². The van der Waals surface area contributed by atoms with Crippen molar-refractivity contribution in [2.45, 2.75) is 92.2 Å². The summed E-state index contributed by atoms with van der Waals surface area (Å²) in [6, 6.07) is 34.7. The average molecular weight is 1130 g/mol. The molecule has 0 radical (unpaired) electrons. The van der Waals surface area contributed by atoms with Gasteiger partial charge in [0.15, 0.2) is 29.5 Å². The van der Waals surface area contributed by atoms with E-state index in [0.29, 0.717) is 60.0 Å². The molecule has 414 valence electrons. The van der Waals surface area contributed by atoms with Gasteiger partial charge in [-0.1, -0.05) is 72.8 Å². The van der Waals surface area contributed by atoms with Crippen LogP contribution in [0.3, 0.4) is 0 Å². The number of ether oxygens (including phenoxy) is 3. The van der Waals surface area contributed by atoms with Crippen molar-refractivity contribution in [3.63, 3.8) is 0 Å². The first-order chi connectivity index (χ1) is 37.5. The van der Waals surface area contributed by atoms with Crippen molar-refractivity contribution >= 4 is 74.6 Å². The van der Waals surface area contributed by atoms with Crippen LogP contribution in [0.4, 0.5) is 0 Å². The van der Waals surface area contributed by atoms with E-state index in [1.54, 1.807) is 48.8 Å². The first-order valence-electron chi connectivity index (χ1n) is 25.7. The summed E-state index contributed by atoms with van der Waals surface area (Å²) in [5.41, 5.74) is 13.4. The lowest BCUT2D eigenvalue weighted by atomic mass is 10.1.